The van der Waals surface area contributed by atoms with Crippen LogP contribution in [-0.4, -0.2) is 32.9 Å². The van der Waals surface area contributed by atoms with E-state index < -0.39 is 0 Å². The maximum atomic E-state index is 5.59. The Morgan fingerprint density at radius 3 is 3.06 bits per heavy atom. The summed E-state index contributed by atoms with van der Waals surface area (Å²) in [6.07, 6.45) is 1.23. The van der Waals surface area contributed by atoms with Crippen LogP contribution >= 0.6 is 15.9 Å². The second-order valence-electron chi connectivity index (χ2n) is 4.24. The van der Waals surface area contributed by atoms with E-state index in [-0.39, 0.29) is 0 Å². The summed E-state index contributed by atoms with van der Waals surface area (Å²) in [4.78, 5) is 0. The van der Waals surface area contributed by atoms with Crippen molar-refractivity contribution in [3.05, 3.63) is 28.7 Å². The fourth-order valence-corrected chi connectivity index (χ4v) is 2.26. The molecule has 1 heterocycles. The molecule has 4 heteroatoms. The Morgan fingerprint density at radius 2 is 2.29 bits per heavy atom. The number of ether oxygens (including phenoxy) is 2. The molecule has 1 N–H and O–H groups in total. The highest BCUT2D eigenvalue weighted by atomic mass is 79.9. The summed E-state index contributed by atoms with van der Waals surface area (Å²) in [5, 5.41) is 3.33. The van der Waals surface area contributed by atoms with Gasteiger partial charge in [0.05, 0.1) is 13.2 Å². The van der Waals surface area contributed by atoms with E-state index in [1.165, 1.54) is 6.42 Å². The molecular weight excluding hydrogens is 282 g/mol. The van der Waals surface area contributed by atoms with Crippen molar-refractivity contribution >= 4 is 15.9 Å². The number of benzene rings is 1. The van der Waals surface area contributed by atoms with Gasteiger partial charge in [-0.3, -0.25) is 0 Å². The molecule has 94 valence electrons. The largest absolute Gasteiger partial charge is 0.491 e. The highest BCUT2D eigenvalue weighted by Crippen LogP contribution is 2.17. The van der Waals surface area contributed by atoms with Crippen LogP contribution in [0.15, 0.2) is 28.7 Å². The maximum Gasteiger partial charge on any atom is 0.120 e. The summed E-state index contributed by atoms with van der Waals surface area (Å²) in [7, 11) is 0. The Labute approximate surface area is 111 Å². The Balaban J connectivity index is 1.56. The van der Waals surface area contributed by atoms with Gasteiger partial charge in [0, 0.05) is 11.0 Å². The van der Waals surface area contributed by atoms with Crippen LogP contribution < -0.4 is 10.1 Å². The van der Waals surface area contributed by atoms with Gasteiger partial charge in [-0.05, 0) is 37.1 Å². The van der Waals surface area contributed by atoms with E-state index in [0.29, 0.717) is 19.1 Å². The Bertz CT molecular complexity index is 340. The second-order valence-corrected chi connectivity index (χ2v) is 5.16. The van der Waals surface area contributed by atoms with E-state index in [1.54, 1.807) is 0 Å². The lowest BCUT2D eigenvalue weighted by molar-refractivity contribution is 0.0783. The highest BCUT2D eigenvalue weighted by molar-refractivity contribution is 9.10. The SMILES string of the molecule is Brc1cccc(OCCOCC2CCNC2)c1. The first-order valence-electron chi connectivity index (χ1n) is 6.01. The van der Waals surface area contributed by atoms with Gasteiger partial charge in [0.1, 0.15) is 12.4 Å². The average molecular weight is 300 g/mol. The van der Waals surface area contributed by atoms with Gasteiger partial charge in [0.2, 0.25) is 0 Å². The van der Waals surface area contributed by atoms with Crippen molar-refractivity contribution in [1.82, 2.24) is 5.32 Å². The summed E-state index contributed by atoms with van der Waals surface area (Å²) in [5.74, 6) is 1.56. The maximum absolute atomic E-state index is 5.59. The van der Waals surface area contributed by atoms with Crippen LogP contribution in [0.25, 0.3) is 0 Å². The minimum atomic E-state index is 0.608. The Kier molecular flexibility index (Phi) is 5.29. The molecule has 17 heavy (non-hydrogen) atoms. The first-order chi connectivity index (χ1) is 8.34. The molecule has 0 amide bonds. The van der Waals surface area contributed by atoms with E-state index in [4.69, 9.17) is 9.47 Å². The molecule has 2 rings (SSSR count). The third-order valence-corrected chi connectivity index (χ3v) is 3.30. The number of halogens is 1. The lowest BCUT2D eigenvalue weighted by Gasteiger charge is -2.10. The molecular formula is C13H18BrNO2. The molecule has 0 saturated carbocycles. The van der Waals surface area contributed by atoms with Crippen molar-refractivity contribution in [3.63, 3.8) is 0 Å². The van der Waals surface area contributed by atoms with Crippen molar-refractivity contribution in [2.45, 2.75) is 6.42 Å². The zero-order valence-corrected chi connectivity index (χ0v) is 11.4. The molecule has 0 radical (unpaired) electrons. The van der Waals surface area contributed by atoms with Gasteiger partial charge in [-0.15, -0.1) is 0 Å². The predicted molar refractivity (Wildman–Crippen MR) is 71.4 cm³/mol. The third kappa shape index (κ3) is 4.66. The van der Waals surface area contributed by atoms with Crippen LogP contribution in [0.2, 0.25) is 0 Å². The van der Waals surface area contributed by atoms with Crippen LogP contribution in [0.5, 0.6) is 5.75 Å². The third-order valence-electron chi connectivity index (χ3n) is 2.81. The van der Waals surface area contributed by atoms with Gasteiger partial charge in [-0.25, -0.2) is 0 Å². The van der Waals surface area contributed by atoms with Crippen molar-refractivity contribution < 1.29 is 9.47 Å². The molecule has 0 aliphatic carbocycles. The smallest absolute Gasteiger partial charge is 0.120 e. The molecule has 1 unspecified atom stereocenters. The van der Waals surface area contributed by atoms with E-state index >= 15 is 0 Å². The van der Waals surface area contributed by atoms with Crippen LogP contribution in [0.3, 0.4) is 0 Å². The topological polar surface area (TPSA) is 30.5 Å². The van der Waals surface area contributed by atoms with Gasteiger partial charge >= 0.3 is 0 Å². The minimum Gasteiger partial charge on any atom is -0.491 e. The summed E-state index contributed by atoms with van der Waals surface area (Å²) in [6, 6.07) is 7.85. The molecule has 0 aromatic heterocycles. The van der Waals surface area contributed by atoms with E-state index in [0.717, 1.165) is 29.9 Å². The van der Waals surface area contributed by atoms with Crippen LogP contribution in [0.4, 0.5) is 0 Å². The molecule has 1 aliphatic rings. The summed E-state index contributed by atoms with van der Waals surface area (Å²) >= 11 is 3.41. The fourth-order valence-electron chi connectivity index (χ4n) is 1.88. The van der Waals surface area contributed by atoms with Gasteiger partial charge in [0.15, 0.2) is 0 Å². The molecule has 3 nitrogen and oxygen atoms in total. The standard InChI is InChI=1S/C13H18BrNO2/c14-12-2-1-3-13(8-12)17-7-6-16-10-11-4-5-15-9-11/h1-3,8,11,15H,4-7,9-10H2. The van der Waals surface area contributed by atoms with Crippen molar-refractivity contribution in [3.8, 4) is 5.75 Å². The lowest BCUT2D eigenvalue weighted by atomic mass is 10.1. The number of rotatable bonds is 6. The summed E-state index contributed by atoms with van der Waals surface area (Å²) in [6.45, 7) is 4.32. The van der Waals surface area contributed by atoms with Gasteiger partial charge < -0.3 is 14.8 Å². The van der Waals surface area contributed by atoms with Crippen molar-refractivity contribution in [1.29, 1.82) is 0 Å². The lowest BCUT2D eigenvalue weighted by Crippen LogP contribution is -2.16. The number of hydrogen-bond acceptors (Lipinski definition) is 3. The van der Waals surface area contributed by atoms with Gasteiger partial charge in [0.25, 0.3) is 0 Å². The zero-order valence-electron chi connectivity index (χ0n) is 9.82. The normalized spacial score (nSPS) is 19.5. The first-order valence-corrected chi connectivity index (χ1v) is 6.81. The van der Waals surface area contributed by atoms with Crippen LogP contribution in [-0.2, 0) is 4.74 Å². The van der Waals surface area contributed by atoms with Crippen LogP contribution in [0.1, 0.15) is 6.42 Å². The molecule has 0 spiro atoms. The first kappa shape index (κ1) is 12.9. The monoisotopic (exact) mass is 299 g/mol. The average Bonchev–Trinajstić information content (AvgIpc) is 2.82. The molecule has 1 atom stereocenters. The zero-order chi connectivity index (χ0) is 11.9. The predicted octanol–water partition coefficient (Wildman–Crippen LogP) is 2.45. The van der Waals surface area contributed by atoms with E-state index in [9.17, 15) is 0 Å². The van der Waals surface area contributed by atoms with E-state index in [2.05, 4.69) is 21.2 Å². The Hall–Kier alpha value is -0.580. The summed E-state index contributed by atoms with van der Waals surface area (Å²) < 4.78 is 12.2. The number of nitrogens with one attached hydrogen (secondary N) is 1. The second kappa shape index (κ2) is 6.99. The molecule has 1 fully saturated rings. The van der Waals surface area contributed by atoms with E-state index in [1.807, 2.05) is 24.3 Å². The molecule has 1 aromatic carbocycles. The number of hydrogen-bond donors (Lipinski definition) is 1. The molecule has 1 saturated heterocycles. The van der Waals surface area contributed by atoms with Crippen molar-refractivity contribution in [2.75, 3.05) is 32.9 Å². The van der Waals surface area contributed by atoms with Crippen molar-refractivity contribution in [2.24, 2.45) is 5.92 Å². The summed E-state index contributed by atoms with van der Waals surface area (Å²) in [5.41, 5.74) is 0. The van der Waals surface area contributed by atoms with Gasteiger partial charge in [-0.1, -0.05) is 22.0 Å². The molecule has 0 bridgehead atoms. The highest BCUT2D eigenvalue weighted by Gasteiger charge is 2.13. The Morgan fingerprint density at radius 1 is 1.35 bits per heavy atom. The quantitative estimate of drug-likeness (QED) is 0.819. The molecule has 1 aliphatic heterocycles. The minimum absolute atomic E-state index is 0.608. The van der Waals surface area contributed by atoms with Gasteiger partial charge in [-0.2, -0.15) is 0 Å². The van der Waals surface area contributed by atoms with Crippen LogP contribution in [0, 0.1) is 5.92 Å². The fraction of sp³-hybridized carbons (Fsp3) is 0.538. The molecule has 1 aromatic rings.